The van der Waals surface area contributed by atoms with Gasteiger partial charge in [0.05, 0.1) is 12.7 Å². The largest absolute Gasteiger partial charge is 0.493 e. The van der Waals surface area contributed by atoms with E-state index in [1.807, 2.05) is 18.2 Å². The zero-order valence-corrected chi connectivity index (χ0v) is 16.0. The molecule has 148 valence electrons. The highest BCUT2D eigenvalue weighted by Crippen LogP contribution is 2.33. The molecule has 3 heterocycles. The Bertz CT molecular complexity index is 848. The first-order chi connectivity index (χ1) is 13.7. The van der Waals surface area contributed by atoms with Crippen molar-refractivity contribution in [3.63, 3.8) is 0 Å². The normalized spacial score (nSPS) is 20.0. The molecule has 6 nitrogen and oxygen atoms in total. The van der Waals surface area contributed by atoms with E-state index in [2.05, 4.69) is 28.0 Å². The molecule has 5 rings (SSSR count). The van der Waals surface area contributed by atoms with Gasteiger partial charge < -0.3 is 19.3 Å². The van der Waals surface area contributed by atoms with Crippen LogP contribution in [0.3, 0.4) is 0 Å². The third kappa shape index (κ3) is 3.68. The van der Waals surface area contributed by atoms with Crippen LogP contribution >= 0.6 is 0 Å². The van der Waals surface area contributed by atoms with E-state index in [9.17, 15) is 5.11 Å². The zero-order valence-electron chi connectivity index (χ0n) is 16.0. The minimum atomic E-state index is -0.452. The number of nitrogens with zero attached hydrogens (tertiary/aromatic N) is 2. The molecule has 28 heavy (non-hydrogen) atoms. The molecular formula is C22H26N2O4. The molecule has 2 aromatic rings. The second kappa shape index (κ2) is 7.62. The topological polar surface area (TPSA) is 54.4 Å². The van der Waals surface area contributed by atoms with Gasteiger partial charge >= 0.3 is 0 Å². The van der Waals surface area contributed by atoms with Crippen LogP contribution in [0.2, 0.25) is 0 Å². The van der Waals surface area contributed by atoms with Crippen LogP contribution in [0, 0.1) is 0 Å². The predicted octanol–water partition coefficient (Wildman–Crippen LogP) is 2.20. The first-order valence-electron chi connectivity index (χ1n) is 10.0. The molecule has 6 heteroatoms. The van der Waals surface area contributed by atoms with Gasteiger partial charge in [-0.1, -0.05) is 12.1 Å². The predicted molar refractivity (Wildman–Crippen MR) is 105 cm³/mol. The second-order valence-electron chi connectivity index (χ2n) is 7.75. The van der Waals surface area contributed by atoms with Crippen LogP contribution in [0.1, 0.15) is 22.8 Å². The van der Waals surface area contributed by atoms with Gasteiger partial charge in [0.2, 0.25) is 6.79 Å². The molecule has 0 aromatic heterocycles. The molecule has 0 amide bonds. The van der Waals surface area contributed by atoms with Gasteiger partial charge in [-0.15, -0.1) is 0 Å². The molecular weight excluding hydrogens is 356 g/mol. The molecule has 0 aliphatic carbocycles. The lowest BCUT2D eigenvalue weighted by atomic mass is 10.0. The molecule has 3 aliphatic rings. The van der Waals surface area contributed by atoms with Crippen molar-refractivity contribution < 1.29 is 19.3 Å². The van der Waals surface area contributed by atoms with Crippen LogP contribution in [0.4, 0.5) is 0 Å². The van der Waals surface area contributed by atoms with E-state index in [0.29, 0.717) is 13.3 Å². The van der Waals surface area contributed by atoms with Crippen molar-refractivity contribution in [3.05, 3.63) is 53.1 Å². The maximum absolute atomic E-state index is 10.7. The van der Waals surface area contributed by atoms with Gasteiger partial charge in [-0.05, 0) is 41.0 Å². The first kappa shape index (κ1) is 17.8. The second-order valence-corrected chi connectivity index (χ2v) is 7.75. The van der Waals surface area contributed by atoms with Crippen molar-refractivity contribution in [2.75, 3.05) is 46.1 Å². The summed E-state index contributed by atoms with van der Waals surface area (Å²) < 4.78 is 16.4. The fourth-order valence-corrected chi connectivity index (χ4v) is 4.19. The van der Waals surface area contributed by atoms with Gasteiger partial charge in [0, 0.05) is 45.7 Å². The number of β-amino-alcohol motifs (C(OH)–C–C–N with tert-alkyl or cyclic N) is 1. The number of benzene rings is 2. The van der Waals surface area contributed by atoms with Gasteiger partial charge in [-0.2, -0.15) is 0 Å². The minimum absolute atomic E-state index is 0.316. The van der Waals surface area contributed by atoms with Crippen LogP contribution in [-0.2, 0) is 13.0 Å². The van der Waals surface area contributed by atoms with E-state index in [1.165, 1.54) is 11.1 Å². The number of hydrogen-bond donors (Lipinski definition) is 1. The lowest BCUT2D eigenvalue weighted by Gasteiger charge is -2.35. The molecule has 2 aromatic carbocycles. The first-order valence-corrected chi connectivity index (χ1v) is 10.0. The Morgan fingerprint density at radius 3 is 2.54 bits per heavy atom. The Balaban J connectivity index is 1.13. The Hall–Kier alpha value is -2.28. The van der Waals surface area contributed by atoms with Gasteiger partial charge in [-0.3, -0.25) is 9.80 Å². The molecule has 0 unspecified atom stereocenters. The van der Waals surface area contributed by atoms with Gasteiger partial charge in [0.1, 0.15) is 5.75 Å². The molecule has 0 spiro atoms. The van der Waals surface area contributed by atoms with Crippen LogP contribution in [0.25, 0.3) is 0 Å². The van der Waals surface area contributed by atoms with Crippen LogP contribution in [0.15, 0.2) is 36.4 Å². The van der Waals surface area contributed by atoms with Crippen molar-refractivity contribution in [1.29, 1.82) is 0 Å². The fourth-order valence-electron chi connectivity index (χ4n) is 4.19. The van der Waals surface area contributed by atoms with Crippen LogP contribution < -0.4 is 14.2 Å². The smallest absolute Gasteiger partial charge is 0.231 e. The van der Waals surface area contributed by atoms with Crippen molar-refractivity contribution in [3.8, 4) is 17.2 Å². The van der Waals surface area contributed by atoms with E-state index in [1.54, 1.807) is 0 Å². The molecule has 0 bridgehead atoms. The summed E-state index contributed by atoms with van der Waals surface area (Å²) in [4.78, 5) is 4.80. The summed E-state index contributed by atoms with van der Waals surface area (Å²) >= 11 is 0. The van der Waals surface area contributed by atoms with Crippen molar-refractivity contribution in [1.82, 2.24) is 9.80 Å². The molecule has 1 fully saturated rings. The van der Waals surface area contributed by atoms with E-state index in [0.717, 1.165) is 68.6 Å². The summed E-state index contributed by atoms with van der Waals surface area (Å²) in [5.41, 5.74) is 3.45. The number of piperazine rings is 1. The highest BCUT2D eigenvalue weighted by molar-refractivity contribution is 5.44. The molecule has 3 aliphatic heterocycles. The summed E-state index contributed by atoms with van der Waals surface area (Å²) in [5.74, 6) is 2.65. The Morgan fingerprint density at radius 2 is 1.64 bits per heavy atom. The van der Waals surface area contributed by atoms with Crippen LogP contribution in [-0.4, -0.2) is 61.0 Å². The third-order valence-electron chi connectivity index (χ3n) is 5.84. The molecule has 1 saturated heterocycles. The molecule has 0 saturated carbocycles. The van der Waals surface area contributed by atoms with Gasteiger partial charge in [0.25, 0.3) is 0 Å². The van der Waals surface area contributed by atoms with Crippen LogP contribution in [0.5, 0.6) is 17.2 Å². The lowest BCUT2D eigenvalue weighted by molar-refractivity contribution is 0.0700. The van der Waals surface area contributed by atoms with E-state index in [-0.39, 0.29) is 0 Å². The Morgan fingerprint density at radius 1 is 0.857 bits per heavy atom. The van der Waals surface area contributed by atoms with Gasteiger partial charge in [0.15, 0.2) is 11.5 Å². The molecule has 1 N–H and O–H groups in total. The summed E-state index contributed by atoms with van der Waals surface area (Å²) in [6.45, 7) is 6.59. The SMILES string of the molecule is O[C@H](CN1CCN(Cc2ccc3c(c2)OCO3)CC1)c1ccc2c(c1)CCO2. The number of fused-ring (bicyclic) bond motifs is 2. The fraction of sp³-hybridized carbons (Fsp3) is 0.455. The minimum Gasteiger partial charge on any atom is -0.493 e. The summed E-state index contributed by atoms with van der Waals surface area (Å²) in [6, 6.07) is 12.3. The molecule has 1 atom stereocenters. The Labute approximate surface area is 165 Å². The maximum Gasteiger partial charge on any atom is 0.231 e. The quantitative estimate of drug-likeness (QED) is 0.856. The average molecular weight is 382 g/mol. The average Bonchev–Trinajstić information content (AvgIpc) is 3.37. The van der Waals surface area contributed by atoms with E-state index >= 15 is 0 Å². The summed E-state index contributed by atoms with van der Waals surface area (Å²) in [5, 5.41) is 10.7. The number of hydrogen-bond acceptors (Lipinski definition) is 6. The molecule has 0 radical (unpaired) electrons. The number of ether oxygens (including phenoxy) is 3. The number of rotatable bonds is 5. The number of aliphatic hydroxyl groups is 1. The summed E-state index contributed by atoms with van der Waals surface area (Å²) in [7, 11) is 0. The Kier molecular flexibility index (Phi) is 4.84. The maximum atomic E-state index is 10.7. The van der Waals surface area contributed by atoms with Crippen molar-refractivity contribution in [2.45, 2.75) is 19.1 Å². The van der Waals surface area contributed by atoms with E-state index < -0.39 is 6.10 Å². The van der Waals surface area contributed by atoms with E-state index in [4.69, 9.17) is 14.2 Å². The highest BCUT2D eigenvalue weighted by atomic mass is 16.7. The zero-order chi connectivity index (χ0) is 18.9. The third-order valence-corrected chi connectivity index (χ3v) is 5.84. The van der Waals surface area contributed by atoms with Crippen molar-refractivity contribution >= 4 is 0 Å². The van der Waals surface area contributed by atoms with Gasteiger partial charge in [-0.25, -0.2) is 0 Å². The highest BCUT2D eigenvalue weighted by Gasteiger charge is 2.22. The lowest BCUT2D eigenvalue weighted by Crippen LogP contribution is -2.47. The number of aliphatic hydroxyl groups excluding tert-OH is 1. The standard InChI is InChI=1S/C22H26N2O4/c25-19(17-2-4-20-18(12-17)5-10-26-20)14-24-8-6-23(7-9-24)13-16-1-3-21-22(11-16)28-15-27-21/h1-4,11-12,19,25H,5-10,13-15H2/t19-/m1/s1. The van der Waals surface area contributed by atoms with Crippen molar-refractivity contribution in [2.24, 2.45) is 0 Å². The monoisotopic (exact) mass is 382 g/mol. The summed E-state index contributed by atoms with van der Waals surface area (Å²) in [6.07, 6.45) is 0.486.